The van der Waals surface area contributed by atoms with Crippen LogP contribution in [0.4, 0.5) is 24.5 Å². The molecule has 0 unspecified atom stereocenters. The number of halogens is 3. The van der Waals surface area contributed by atoms with Gasteiger partial charge in [0.25, 0.3) is 11.8 Å². The SMILES string of the molecule is CCN(CC)c1ccc(NC(=O)c2cccc(CCCOCCOCCOCCOCCOCCOCCOCCOCCOC)c2)c(-c2cc(C(=O)NCc3cccc(C(F)(F)F)c3)ccn2)c1. The molecule has 0 bridgehead atoms. The molecule has 0 aliphatic heterocycles. The molecule has 2 N–H and O–H groups in total. The van der Waals surface area contributed by atoms with Crippen LogP contribution in [0.1, 0.15) is 57.7 Å². The number of amides is 2. The van der Waals surface area contributed by atoms with Crippen molar-refractivity contribution in [1.29, 1.82) is 0 Å². The van der Waals surface area contributed by atoms with Crippen LogP contribution in [0.5, 0.6) is 0 Å². The Labute approximate surface area is 404 Å². The lowest BCUT2D eigenvalue weighted by molar-refractivity contribution is -0.137. The predicted molar refractivity (Wildman–Crippen MR) is 257 cm³/mol. The molecule has 4 aromatic rings. The van der Waals surface area contributed by atoms with Crippen molar-refractivity contribution in [3.05, 3.63) is 113 Å². The molecule has 0 aliphatic carbocycles. The number of aryl methyl sites for hydroxylation is 1. The number of benzene rings is 3. The van der Waals surface area contributed by atoms with Crippen LogP contribution in [0, 0.1) is 0 Å². The summed E-state index contributed by atoms with van der Waals surface area (Å²) in [4.78, 5) is 33.7. The molecule has 0 aliphatic rings. The first-order valence-corrected chi connectivity index (χ1v) is 23.4. The maximum atomic E-state index is 13.7. The van der Waals surface area contributed by atoms with Crippen molar-refractivity contribution in [2.24, 2.45) is 0 Å². The van der Waals surface area contributed by atoms with Crippen molar-refractivity contribution >= 4 is 23.2 Å². The van der Waals surface area contributed by atoms with Crippen molar-refractivity contribution in [3.8, 4) is 11.3 Å². The zero-order chi connectivity index (χ0) is 49.4. The molecule has 15 nitrogen and oxygen atoms in total. The first kappa shape index (κ1) is 56.6. The first-order valence-electron chi connectivity index (χ1n) is 23.4. The molecule has 3 aromatic carbocycles. The number of anilines is 2. The molecule has 0 saturated heterocycles. The van der Waals surface area contributed by atoms with Gasteiger partial charge < -0.3 is 58.2 Å². The van der Waals surface area contributed by atoms with Crippen LogP contribution in [0.15, 0.2) is 85.1 Å². The summed E-state index contributed by atoms with van der Waals surface area (Å²) in [5, 5.41) is 5.75. The van der Waals surface area contributed by atoms with E-state index in [4.69, 9.17) is 42.6 Å². The lowest BCUT2D eigenvalue weighted by Crippen LogP contribution is -2.23. The molecular weight excluding hydrogens is 902 g/mol. The largest absolute Gasteiger partial charge is 0.416 e. The number of hydrogen-bond acceptors (Lipinski definition) is 13. The fraction of sp³-hybridized carbons (Fsp3) is 0.510. The van der Waals surface area contributed by atoms with Gasteiger partial charge in [0, 0.05) is 61.9 Å². The van der Waals surface area contributed by atoms with E-state index in [2.05, 4.69) is 20.5 Å². The Kier molecular flexibility index (Phi) is 27.5. The maximum Gasteiger partial charge on any atom is 0.416 e. The second-order valence-electron chi connectivity index (χ2n) is 15.4. The summed E-state index contributed by atoms with van der Waals surface area (Å²) < 4.78 is 88.8. The Morgan fingerprint density at radius 2 is 1.10 bits per heavy atom. The van der Waals surface area contributed by atoms with Crippen molar-refractivity contribution < 1.29 is 65.4 Å². The van der Waals surface area contributed by atoms with Crippen LogP contribution < -0.4 is 15.5 Å². The zero-order valence-corrected chi connectivity index (χ0v) is 40.2. The average Bonchev–Trinajstić information content (AvgIpc) is 3.36. The van der Waals surface area contributed by atoms with E-state index in [1.165, 1.54) is 24.4 Å². The van der Waals surface area contributed by atoms with Gasteiger partial charge in [-0.3, -0.25) is 14.6 Å². The van der Waals surface area contributed by atoms with Crippen molar-refractivity contribution in [2.75, 3.05) is 143 Å². The highest BCUT2D eigenvalue weighted by atomic mass is 19.4. The maximum absolute atomic E-state index is 13.7. The van der Waals surface area contributed by atoms with Crippen LogP contribution in [-0.2, 0) is 61.8 Å². The van der Waals surface area contributed by atoms with Crippen LogP contribution in [-0.4, -0.2) is 149 Å². The second-order valence-corrected chi connectivity index (χ2v) is 15.4. The Bertz CT molecular complexity index is 2060. The summed E-state index contributed by atoms with van der Waals surface area (Å²) in [7, 11) is 1.64. The van der Waals surface area contributed by atoms with Gasteiger partial charge in [0.2, 0.25) is 0 Å². The number of pyridine rings is 1. The minimum atomic E-state index is -4.49. The summed E-state index contributed by atoms with van der Waals surface area (Å²) in [5.41, 5.74) is 3.69. The predicted octanol–water partition coefficient (Wildman–Crippen LogP) is 7.51. The van der Waals surface area contributed by atoms with Gasteiger partial charge in [0.05, 0.1) is 123 Å². The minimum absolute atomic E-state index is 0.0987. The van der Waals surface area contributed by atoms with Crippen LogP contribution in [0.3, 0.4) is 0 Å². The highest BCUT2D eigenvalue weighted by Gasteiger charge is 2.30. The normalized spacial score (nSPS) is 11.5. The molecule has 0 saturated carbocycles. The molecule has 1 aromatic heterocycles. The molecule has 0 atom stereocenters. The molecule has 2 amide bonds. The van der Waals surface area contributed by atoms with E-state index >= 15 is 0 Å². The highest BCUT2D eigenvalue weighted by Crippen LogP contribution is 2.33. The fourth-order valence-electron chi connectivity index (χ4n) is 6.72. The van der Waals surface area contributed by atoms with Gasteiger partial charge in [-0.15, -0.1) is 0 Å². The standard InChI is InChI=1S/C51H69F3N4O11/c1-4-58(5-2)45-14-15-47(46(38-45)48-37-43(16-17-55-48)49(59)56-39-41-10-7-13-44(36-41)51(52,53)54)57-50(60)42-12-6-9-40(35-42)11-8-18-62-21-22-64-25-26-66-29-30-68-33-34-69-32-31-67-28-27-65-24-23-63-20-19-61-3/h6-7,9-10,12-17,35-38H,4-5,8,11,18-34,39H2,1-3H3,(H,56,59)(H,57,60). The van der Waals surface area contributed by atoms with Crippen molar-refractivity contribution in [2.45, 2.75) is 39.4 Å². The number of carbonyl (C=O) groups is 2. The van der Waals surface area contributed by atoms with E-state index in [1.54, 1.807) is 19.2 Å². The van der Waals surface area contributed by atoms with Gasteiger partial charge in [-0.25, -0.2) is 0 Å². The third kappa shape index (κ3) is 22.5. The van der Waals surface area contributed by atoms with Gasteiger partial charge in [-0.2, -0.15) is 13.2 Å². The van der Waals surface area contributed by atoms with Gasteiger partial charge in [0.1, 0.15) is 0 Å². The van der Waals surface area contributed by atoms with Crippen LogP contribution >= 0.6 is 0 Å². The smallest absolute Gasteiger partial charge is 0.382 e. The fourth-order valence-corrected chi connectivity index (χ4v) is 6.72. The Balaban J connectivity index is 1.11. The summed E-state index contributed by atoms with van der Waals surface area (Å²) in [6.45, 7) is 13.9. The van der Waals surface area contributed by atoms with E-state index in [9.17, 15) is 22.8 Å². The average molecular weight is 971 g/mol. The molecule has 380 valence electrons. The van der Waals surface area contributed by atoms with E-state index in [0.29, 0.717) is 147 Å². The van der Waals surface area contributed by atoms with E-state index < -0.39 is 17.6 Å². The van der Waals surface area contributed by atoms with E-state index in [0.717, 1.165) is 42.9 Å². The van der Waals surface area contributed by atoms with Crippen molar-refractivity contribution in [3.63, 3.8) is 0 Å². The van der Waals surface area contributed by atoms with Gasteiger partial charge in [-0.05, 0) is 92.4 Å². The van der Waals surface area contributed by atoms with E-state index in [-0.39, 0.29) is 18.0 Å². The first-order chi connectivity index (χ1) is 33.6. The van der Waals surface area contributed by atoms with E-state index in [1.807, 2.05) is 50.2 Å². The Morgan fingerprint density at radius 3 is 1.65 bits per heavy atom. The number of aromatic nitrogens is 1. The quantitative estimate of drug-likeness (QED) is 0.0429. The monoisotopic (exact) mass is 970 g/mol. The van der Waals surface area contributed by atoms with Gasteiger partial charge in [0.15, 0.2) is 0 Å². The molecule has 0 radical (unpaired) electrons. The van der Waals surface area contributed by atoms with Gasteiger partial charge in [-0.1, -0.05) is 24.3 Å². The van der Waals surface area contributed by atoms with Gasteiger partial charge >= 0.3 is 6.18 Å². The molecule has 4 rings (SSSR count). The number of ether oxygens (including phenoxy) is 9. The number of hydrogen-bond donors (Lipinski definition) is 2. The summed E-state index contributed by atoms with van der Waals surface area (Å²) in [5.74, 6) is -0.796. The zero-order valence-electron chi connectivity index (χ0n) is 40.2. The number of nitrogens with one attached hydrogen (secondary N) is 2. The molecule has 69 heavy (non-hydrogen) atoms. The summed E-state index contributed by atoms with van der Waals surface area (Å²) in [6.07, 6.45) is -1.54. The lowest BCUT2D eigenvalue weighted by atomic mass is 10.0. The summed E-state index contributed by atoms with van der Waals surface area (Å²) >= 11 is 0. The second kappa shape index (κ2) is 33.5. The summed E-state index contributed by atoms with van der Waals surface area (Å²) in [6, 6.07) is 21.0. The molecular formula is C51H69F3N4O11. The van der Waals surface area contributed by atoms with Crippen molar-refractivity contribution in [1.82, 2.24) is 10.3 Å². The topological polar surface area (TPSA) is 157 Å². The highest BCUT2D eigenvalue weighted by molar-refractivity contribution is 6.06. The number of carbonyl (C=O) groups excluding carboxylic acids is 2. The third-order valence-corrected chi connectivity index (χ3v) is 10.4. The Morgan fingerprint density at radius 1 is 0.580 bits per heavy atom. The number of alkyl halides is 3. The number of rotatable bonds is 37. The van der Waals surface area contributed by atoms with Crippen LogP contribution in [0.25, 0.3) is 11.3 Å². The molecule has 0 spiro atoms. The molecule has 1 heterocycles. The third-order valence-electron chi connectivity index (χ3n) is 10.4. The minimum Gasteiger partial charge on any atom is -0.382 e. The van der Waals surface area contributed by atoms with Crippen LogP contribution in [0.2, 0.25) is 0 Å². The molecule has 18 heteroatoms. The Hall–Kier alpha value is -5.02. The number of nitrogens with zero attached hydrogens (tertiary/aromatic N) is 2. The molecule has 0 fully saturated rings. The number of methoxy groups -OCH3 is 1. The lowest BCUT2D eigenvalue weighted by Gasteiger charge is -2.23.